The third kappa shape index (κ3) is 3.61. The minimum atomic E-state index is -4.99. The highest BCUT2D eigenvalue weighted by atomic mass is 32.2. The third-order valence-corrected chi connectivity index (χ3v) is 8.03. The largest absolute Gasteiger partial charge is 0.447 e. The second-order valence-electron chi connectivity index (χ2n) is 8.91. The molecule has 0 aliphatic heterocycles. The van der Waals surface area contributed by atoms with Crippen molar-refractivity contribution in [3.05, 3.63) is 45.7 Å². The van der Waals surface area contributed by atoms with E-state index in [0.717, 1.165) is 60.8 Å². The molecule has 3 aliphatic carbocycles. The first-order valence-electron chi connectivity index (χ1n) is 10.9. The van der Waals surface area contributed by atoms with Crippen LogP contribution in [0.1, 0.15) is 59.3 Å². The molecule has 0 fully saturated rings. The van der Waals surface area contributed by atoms with Crippen molar-refractivity contribution in [1.82, 2.24) is 4.72 Å². The number of sulfonamides is 1. The molecule has 178 valence electrons. The maximum absolute atomic E-state index is 13.5. The molecule has 5 rings (SSSR count). The number of alkyl halides is 3. The number of anilines is 1. The lowest BCUT2D eigenvalue weighted by Crippen LogP contribution is -2.44. The Morgan fingerprint density at radius 1 is 1.00 bits per heavy atom. The van der Waals surface area contributed by atoms with E-state index in [1.807, 2.05) is 4.72 Å². The van der Waals surface area contributed by atoms with E-state index in [2.05, 4.69) is 11.4 Å². The fourth-order valence-electron chi connectivity index (χ4n) is 5.28. The van der Waals surface area contributed by atoms with Gasteiger partial charge in [-0.1, -0.05) is 6.07 Å². The number of carbonyl (C=O) groups excluding carboxylic acids is 1. The van der Waals surface area contributed by atoms with Gasteiger partial charge in [-0.15, -0.1) is 0 Å². The molecule has 1 aromatic carbocycles. The maximum atomic E-state index is 13.5. The van der Waals surface area contributed by atoms with Crippen LogP contribution in [0.5, 0.6) is 0 Å². The van der Waals surface area contributed by atoms with E-state index in [1.54, 1.807) is 0 Å². The Kier molecular flexibility index (Phi) is 5.06. The molecule has 1 unspecified atom stereocenters. The van der Waals surface area contributed by atoms with Crippen LogP contribution < -0.4 is 10.0 Å². The molecule has 2 aromatic rings. The third-order valence-electron chi connectivity index (χ3n) is 6.85. The number of fused-ring (bicyclic) bond motifs is 3. The number of hydrogen-bond donors (Lipinski definition) is 3. The van der Waals surface area contributed by atoms with Gasteiger partial charge in [-0.3, -0.25) is 0 Å². The zero-order chi connectivity index (χ0) is 23.6. The van der Waals surface area contributed by atoms with Crippen LogP contribution in [-0.4, -0.2) is 25.7 Å². The van der Waals surface area contributed by atoms with E-state index in [0.29, 0.717) is 11.8 Å². The minimum absolute atomic E-state index is 0.0197. The van der Waals surface area contributed by atoms with Gasteiger partial charge in [-0.2, -0.15) is 21.6 Å². The molecule has 0 spiro atoms. The monoisotopic (exact) mass is 484 g/mol. The molecule has 0 saturated carbocycles. The second kappa shape index (κ2) is 7.49. The SMILES string of the molecule is O=C(Nc1c2c(cc3c1CCC3)CCC2)NS(=O)(=O)c1cc2c(o1)CCCC2(O)C(F)(F)F. The quantitative estimate of drug-likeness (QED) is 0.613. The topological polar surface area (TPSA) is 109 Å². The number of benzene rings is 1. The highest BCUT2D eigenvalue weighted by molar-refractivity contribution is 7.89. The van der Waals surface area contributed by atoms with E-state index in [-0.39, 0.29) is 18.6 Å². The minimum Gasteiger partial charge on any atom is -0.447 e. The highest BCUT2D eigenvalue weighted by Gasteiger charge is 2.58. The number of nitrogens with one attached hydrogen (secondary N) is 2. The first-order valence-corrected chi connectivity index (χ1v) is 12.4. The summed E-state index contributed by atoms with van der Waals surface area (Å²) in [5, 5.41) is 12.0. The summed E-state index contributed by atoms with van der Waals surface area (Å²) >= 11 is 0. The highest BCUT2D eigenvalue weighted by Crippen LogP contribution is 2.48. The van der Waals surface area contributed by atoms with E-state index >= 15 is 0 Å². The van der Waals surface area contributed by atoms with Crippen LogP contribution in [0.15, 0.2) is 21.6 Å². The molecule has 1 atom stereocenters. The van der Waals surface area contributed by atoms with Crippen LogP contribution >= 0.6 is 0 Å². The Balaban J connectivity index is 1.41. The Bertz CT molecular complexity index is 1220. The van der Waals surface area contributed by atoms with Crippen LogP contribution in [0.25, 0.3) is 0 Å². The fourth-order valence-corrected chi connectivity index (χ4v) is 6.16. The van der Waals surface area contributed by atoms with E-state index < -0.39 is 44.9 Å². The number of halogens is 3. The summed E-state index contributed by atoms with van der Waals surface area (Å²) < 4.78 is 72.9. The molecule has 0 radical (unpaired) electrons. The molecular formula is C22H23F3N2O5S. The number of carbonyl (C=O) groups is 1. The maximum Gasteiger partial charge on any atom is 0.421 e. The van der Waals surface area contributed by atoms with Gasteiger partial charge in [-0.05, 0) is 73.6 Å². The summed E-state index contributed by atoms with van der Waals surface area (Å²) in [6, 6.07) is 1.82. The number of urea groups is 1. The van der Waals surface area contributed by atoms with Crippen LogP contribution in [0.3, 0.4) is 0 Å². The molecule has 1 heterocycles. The van der Waals surface area contributed by atoms with Crippen LogP contribution in [-0.2, 0) is 47.7 Å². The van der Waals surface area contributed by atoms with Crippen molar-refractivity contribution in [2.45, 2.75) is 74.7 Å². The zero-order valence-electron chi connectivity index (χ0n) is 17.6. The van der Waals surface area contributed by atoms with Gasteiger partial charge in [0.15, 0.2) is 5.60 Å². The standard InChI is InChI=1S/C22H23F3N2O5S/c23-22(24,25)21(29)9-3-8-17-16(21)11-18(32-17)33(30,31)27-20(28)26-19-14-6-1-4-12(14)10-13-5-2-7-15(13)19/h10-11,29H,1-9H2,(H2,26,27,28). The van der Waals surface area contributed by atoms with Crippen molar-refractivity contribution < 1.29 is 35.9 Å². The summed E-state index contributed by atoms with van der Waals surface area (Å²) in [6.07, 6.45) is -0.287. The molecule has 0 bridgehead atoms. The Hall–Kier alpha value is -2.53. The smallest absolute Gasteiger partial charge is 0.421 e. The van der Waals surface area contributed by atoms with Crippen molar-refractivity contribution in [2.24, 2.45) is 0 Å². The zero-order valence-corrected chi connectivity index (χ0v) is 18.5. The Labute approximate surface area is 188 Å². The molecule has 7 nitrogen and oxygen atoms in total. The number of aliphatic hydroxyl groups is 1. The van der Waals surface area contributed by atoms with Crippen molar-refractivity contribution in [2.75, 3.05) is 5.32 Å². The molecule has 2 amide bonds. The van der Waals surface area contributed by atoms with E-state index in [4.69, 9.17) is 4.42 Å². The Morgan fingerprint density at radius 3 is 2.24 bits per heavy atom. The number of hydrogen-bond acceptors (Lipinski definition) is 5. The summed E-state index contributed by atoms with van der Waals surface area (Å²) in [4.78, 5) is 12.7. The van der Waals surface area contributed by atoms with E-state index in [1.165, 1.54) is 0 Å². The normalized spacial score (nSPS) is 21.9. The van der Waals surface area contributed by atoms with E-state index in [9.17, 15) is 31.5 Å². The first kappa shape index (κ1) is 22.3. The van der Waals surface area contributed by atoms with Gasteiger partial charge in [0.1, 0.15) is 5.76 Å². The summed E-state index contributed by atoms with van der Waals surface area (Å²) in [7, 11) is -4.60. The molecule has 3 aliphatic rings. The predicted molar refractivity (Wildman–Crippen MR) is 111 cm³/mol. The molecule has 11 heteroatoms. The van der Waals surface area contributed by atoms with Gasteiger partial charge >= 0.3 is 12.2 Å². The van der Waals surface area contributed by atoms with Crippen LogP contribution in [0, 0.1) is 0 Å². The molecule has 3 N–H and O–H groups in total. The lowest BCUT2D eigenvalue weighted by atomic mass is 9.82. The second-order valence-corrected chi connectivity index (χ2v) is 10.5. The van der Waals surface area contributed by atoms with Gasteiger partial charge < -0.3 is 14.8 Å². The average Bonchev–Trinajstić information content (AvgIpc) is 3.46. The molecule has 1 aromatic heterocycles. The van der Waals surface area contributed by atoms with Crippen LogP contribution in [0.4, 0.5) is 23.7 Å². The lowest BCUT2D eigenvalue weighted by molar-refractivity contribution is -0.271. The lowest BCUT2D eigenvalue weighted by Gasteiger charge is -2.33. The number of furan rings is 1. The van der Waals surface area contributed by atoms with Crippen molar-refractivity contribution >= 4 is 21.7 Å². The number of aryl methyl sites for hydroxylation is 3. The van der Waals surface area contributed by atoms with Gasteiger partial charge in [-0.25, -0.2) is 9.52 Å². The summed E-state index contributed by atoms with van der Waals surface area (Å²) in [6.45, 7) is 0. The number of rotatable bonds is 3. The molecule has 0 saturated heterocycles. The number of amides is 2. The van der Waals surface area contributed by atoms with Gasteiger partial charge in [0, 0.05) is 23.7 Å². The average molecular weight is 484 g/mol. The first-order chi connectivity index (χ1) is 15.5. The van der Waals surface area contributed by atoms with Crippen molar-refractivity contribution in [1.29, 1.82) is 0 Å². The van der Waals surface area contributed by atoms with Crippen LogP contribution in [0.2, 0.25) is 0 Å². The predicted octanol–water partition coefficient (Wildman–Crippen LogP) is 3.85. The fraction of sp³-hybridized carbons (Fsp3) is 0.500. The van der Waals surface area contributed by atoms with Crippen molar-refractivity contribution in [3.8, 4) is 0 Å². The van der Waals surface area contributed by atoms with Gasteiger partial charge in [0.05, 0.1) is 0 Å². The Morgan fingerprint density at radius 2 is 1.64 bits per heavy atom. The van der Waals surface area contributed by atoms with Crippen molar-refractivity contribution in [3.63, 3.8) is 0 Å². The van der Waals surface area contributed by atoms with Gasteiger partial charge in [0.2, 0.25) is 5.09 Å². The summed E-state index contributed by atoms with van der Waals surface area (Å²) in [5.74, 6) is -0.249. The summed E-state index contributed by atoms with van der Waals surface area (Å²) in [5.41, 5.74) is 1.14. The molecule has 33 heavy (non-hydrogen) atoms. The van der Waals surface area contributed by atoms with Gasteiger partial charge in [0.25, 0.3) is 10.0 Å². The molecular weight excluding hydrogens is 461 g/mol.